The summed E-state index contributed by atoms with van der Waals surface area (Å²) in [5.41, 5.74) is 1.48. The lowest BCUT2D eigenvalue weighted by Crippen LogP contribution is -2.50. The van der Waals surface area contributed by atoms with Gasteiger partial charge in [0.2, 0.25) is 0 Å². The van der Waals surface area contributed by atoms with E-state index in [4.69, 9.17) is 9.47 Å². The molecular formula is C24H30N4O5. The first kappa shape index (κ1) is 23.9. The molecule has 1 aliphatic rings. The number of benzene rings is 2. The van der Waals surface area contributed by atoms with Crippen molar-refractivity contribution in [2.75, 3.05) is 45.7 Å². The van der Waals surface area contributed by atoms with Gasteiger partial charge in [-0.1, -0.05) is 6.07 Å². The molecule has 0 unspecified atom stereocenters. The second kappa shape index (κ2) is 10.7. The van der Waals surface area contributed by atoms with Crippen LogP contribution in [0.1, 0.15) is 34.6 Å². The number of methoxy groups -OCH3 is 2. The molecule has 2 aromatic carbocycles. The van der Waals surface area contributed by atoms with Crippen molar-refractivity contribution in [1.82, 2.24) is 15.1 Å². The van der Waals surface area contributed by atoms with E-state index in [1.54, 1.807) is 59.4 Å². The van der Waals surface area contributed by atoms with E-state index in [2.05, 4.69) is 10.6 Å². The molecule has 3 rings (SSSR count). The fourth-order valence-corrected chi connectivity index (χ4v) is 3.60. The molecule has 9 nitrogen and oxygen atoms in total. The maximum absolute atomic E-state index is 13.0. The van der Waals surface area contributed by atoms with E-state index in [-0.39, 0.29) is 23.9 Å². The average Bonchev–Trinajstić information content (AvgIpc) is 2.82. The highest BCUT2D eigenvalue weighted by Crippen LogP contribution is 2.26. The highest BCUT2D eigenvalue weighted by Gasteiger charge is 2.27. The van der Waals surface area contributed by atoms with E-state index in [0.29, 0.717) is 54.5 Å². The summed E-state index contributed by atoms with van der Waals surface area (Å²) in [4.78, 5) is 41.4. The number of urea groups is 1. The number of ether oxygens (including phenoxy) is 2. The molecule has 0 saturated carbocycles. The molecule has 4 amide bonds. The van der Waals surface area contributed by atoms with Crippen molar-refractivity contribution in [3.8, 4) is 11.5 Å². The molecule has 1 aliphatic heterocycles. The summed E-state index contributed by atoms with van der Waals surface area (Å²) >= 11 is 0. The average molecular weight is 455 g/mol. The molecule has 9 heteroatoms. The molecule has 1 fully saturated rings. The third-order valence-corrected chi connectivity index (χ3v) is 5.28. The number of carbonyl (C=O) groups excluding carboxylic acids is 3. The highest BCUT2D eigenvalue weighted by atomic mass is 16.5. The van der Waals surface area contributed by atoms with Crippen molar-refractivity contribution in [3.05, 3.63) is 53.6 Å². The molecule has 2 N–H and O–H groups in total. The highest BCUT2D eigenvalue weighted by molar-refractivity contribution is 5.98. The Kier molecular flexibility index (Phi) is 7.76. The normalized spacial score (nSPS) is 13.5. The summed E-state index contributed by atoms with van der Waals surface area (Å²) in [6.45, 7) is 5.38. The van der Waals surface area contributed by atoms with Gasteiger partial charge in [0.25, 0.3) is 11.8 Å². The Morgan fingerprint density at radius 3 is 2.15 bits per heavy atom. The Morgan fingerprint density at radius 2 is 1.55 bits per heavy atom. The van der Waals surface area contributed by atoms with E-state index < -0.39 is 0 Å². The zero-order valence-corrected chi connectivity index (χ0v) is 19.4. The minimum absolute atomic E-state index is 0.00621. The van der Waals surface area contributed by atoms with Gasteiger partial charge in [-0.15, -0.1) is 0 Å². The van der Waals surface area contributed by atoms with Crippen molar-refractivity contribution >= 4 is 23.5 Å². The molecular weight excluding hydrogens is 424 g/mol. The number of amides is 4. The van der Waals surface area contributed by atoms with Crippen molar-refractivity contribution in [2.24, 2.45) is 0 Å². The number of anilines is 1. The summed E-state index contributed by atoms with van der Waals surface area (Å²) in [7, 11) is 3.07. The third-order valence-electron chi connectivity index (χ3n) is 5.28. The minimum atomic E-state index is -0.323. The summed E-state index contributed by atoms with van der Waals surface area (Å²) in [5, 5.41) is 5.48. The molecule has 0 radical (unpaired) electrons. The number of carbonyl (C=O) groups is 3. The van der Waals surface area contributed by atoms with E-state index >= 15 is 0 Å². The van der Waals surface area contributed by atoms with Gasteiger partial charge in [0.15, 0.2) is 0 Å². The number of nitrogens with zero attached hydrogens (tertiary/aromatic N) is 2. The van der Waals surface area contributed by atoms with Gasteiger partial charge in [0, 0.05) is 49.5 Å². The third kappa shape index (κ3) is 5.94. The largest absolute Gasteiger partial charge is 0.497 e. The van der Waals surface area contributed by atoms with Crippen molar-refractivity contribution < 1.29 is 23.9 Å². The standard InChI is InChI=1S/C24H30N4O5/c1-16(2)25-24(31)26-18-7-5-6-17(14-18)22(29)27-10-12-28(13-11-27)23(30)20-9-8-19(32-3)15-21(20)33-4/h5-9,14-16H,10-13H2,1-4H3,(H2,25,26,31). The Hall–Kier alpha value is -3.75. The van der Waals surface area contributed by atoms with Gasteiger partial charge >= 0.3 is 6.03 Å². The van der Waals surface area contributed by atoms with Crippen molar-refractivity contribution in [2.45, 2.75) is 19.9 Å². The van der Waals surface area contributed by atoms with E-state index in [1.807, 2.05) is 13.8 Å². The molecule has 0 bridgehead atoms. The zero-order chi connectivity index (χ0) is 24.0. The molecule has 1 saturated heterocycles. The number of hydrogen-bond acceptors (Lipinski definition) is 5. The number of piperazine rings is 1. The van der Waals surface area contributed by atoms with Crippen LogP contribution in [-0.2, 0) is 0 Å². The van der Waals surface area contributed by atoms with Crippen LogP contribution in [0.15, 0.2) is 42.5 Å². The van der Waals surface area contributed by atoms with Gasteiger partial charge in [0.1, 0.15) is 11.5 Å². The maximum Gasteiger partial charge on any atom is 0.319 e. The molecule has 2 aromatic rings. The molecule has 1 heterocycles. The van der Waals surface area contributed by atoms with Gasteiger partial charge in [-0.05, 0) is 44.2 Å². The molecule has 33 heavy (non-hydrogen) atoms. The van der Waals surface area contributed by atoms with Crippen LogP contribution in [0.4, 0.5) is 10.5 Å². The van der Waals surface area contributed by atoms with Crippen LogP contribution in [0.5, 0.6) is 11.5 Å². The summed E-state index contributed by atoms with van der Waals surface area (Å²) in [5.74, 6) is 0.766. The van der Waals surface area contributed by atoms with Crippen LogP contribution in [0.2, 0.25) is 0 Å². The van der Waals surface area contributed by atoms with Crippen LogP contribution in [0.3, 0.4) is 0 Å². The first-order chi connectivity index (χ1) is 15.8. The number of rotatable bonds is 6. The predicted octanol–water partition coefficient (Wildman–Crippen LogP) is 2.83. The second-order valence-electron chi connectivity index (χ2n) is 7.98. The Balaban J connectivity index is 1.62. The SMILES string of the molecule is COc1ccc(C(=O)N2CCN(C(=O)c3cccc(NC(=O)NC(C)C)c3)CC2)c(OC)c1. The Bertz CT molecular complexity index is 1020. The Morgan fingerprint density at radius 1 is 0.879 bits per heavy atom. The van der Waals surface area contributed by atoms with Gasteiger partial charge in [0.05, 0.1) is 19.8 Å². The lowest BCUT2D eigenvalue weighted by atomic mass is 10.1. The van der Waals surface area contributed by atoms with Crippen LogP contribution < -0.4 is 20.1 Å². The molecule has 176 valence electrons. The lowest BCUT2D eigenvalue weighted by molar-refractivity contribution is 0.0533. The quantitative estimate of drug-likeness (QED) is 0.699. The first-order valence-corrected chi connectivity index (χ1v) is 10.8. The minimum Gasteiger partial charge on any atom is -0.497 e. The molecule has 0 aliphatic carbocycles. The van der Waals surface area contributed by atoms with Crippen molar-refractivity contribution in [3.63, 3.8) is 0 Å². The summed E-state index contributed by atoms with van der Waals surface area (Å²) in [6.07, 6.45) is 0. The summed E-state index contributed by atoms with van der Waals surface area (Å²) < 4.78 is 10.5. The van der Waals surface area contributed by atoms with Crippen LogP contribution in [-0.4, -0.2) is 74.1 Å². The second-order valence-corrected chi connectivity index (χ2v) is 7.98. The van der Waals surface area contributed by atoms with Crippen LogP contribution in [0, 0.1) is 0 Å². The van der Waals surface area contributed by atoms with Gasteiger partial charge in [-0.2, -0.15) is 0 Å². The monoisotopic (exact) mass is 454 g/mol. The van der Waals surface area contributed by atoms with Gasteiger partial charge in [-0.25, -0.2) is 4.79 Å². The van der Waals surface area contributed by atoms with Crippen LogP contribution >= 0.6 is 0 Å². The topological polar surface area (TPSA) is 100 Å². The van der Waals surface area contributed by atoms with Gasteiger partial charge in [-0.3, -0.25) is 9.59 Å². The number of nitrogens with one attached hydrogen (secondary N) is 2. The maximum atomic E-state index is 13.0. The van der Waals surface area contributed by atoms with E-state index in [0.717, 1.165) is 0 Å². The zero-order valence-electron chi connectivity index (χ0n) is 19.4. The predicted molar refractivity (Wildman–Crippen MR) is 125 cm³/mol. The fraction of sp³-hybridized carbons (Fsp3) is 0.375. The van der Waals surface area contributed by atoms with E-state index in [1.165, 1.54) is 7.11 Å². The number of hydrogen-bond donors (Lipinski definition) is 2. The molecule has 0 atom stereocenters. The van der Waals surface area contributed by atoms with Crippen molar-refractivity contribution in [1.29, 1.82) is 0 Å². The smallest absolute Gasteiger partial charge is 0.319 e. The van der Waals surface area contributed by atoms with Crippen LogP contribution in [0.25, 0.3) is 0 Å². The van der Waals surface area contributed by atoms with E-state index in [9.17, 15) is 14.4 Å². The van der Waals surface area contributed by atoms with Gasteiger partial charge < -0.3 is 29.9 Å². The summed E-state index contributed by atoms with van der Waals surface area (Å²) in [6, 6.07) is 11.6. The fourth-order valence-electron chi connectivity index (χ4n) is 3.60. The molecule has 0 spiro atoms. The first-order valence-electron chi connectivity index (χ1n) is 10.8. The molecule has 0 aromatic heterocycles. The lowest BCUT2D eigenvalue weighted by Gasteiger charge is -2.35. The Labute approximate surface area is 193 Å².